The molecule has 0 bridgehead atoms. The minimum Gasteiger partial charge on any atom is -0.380 e. The molecule has 1 unspecified atom stereocenters. The lowest BCUT2D eigenvalue weighted by molar-refractivity contribution is 0.204. The standard InChI is InChI=1S/C12H14BrN3O/c1-2-4-16-5-3-15-12(16)11(17)9-6-10(13)8-14-7-9/h3,5-8,11,17H,2,4H2,1H3. The summed E-state index contributed by atoms with van der Waals surface area (Å²) in [6.07, 6.45) is 7.20. The highest BCUT2D eigenvalue weighted by atomic mass is 79.9. The van der Waals surface area contributed by atoms with Crippen LogP contribution in [0, 0.1) is 0 Å². The van der Waals surface area contributed by atoms with Crippen LogP contribution < -0.4 is 0 Å². The minimum absolute atomic E-state index is 0.659. The van der Waals surface area contributed by atoms with Crippen molar-refractivity contribution < 1.29 is 5.11 Å². The Bertz CT molecular complexity index is 498. The summed E-state index contributed by atoms with van der Waals surface area (Å²) in [5, 5.41) is 10.3. The fraction of sp³-hybridized carbons (Fsp3) is 0.333. The Balaban J connectivity index is 2.30. The normalized spacial score (nSPS) is 12.6. The molecule has 0 saturated carbocycles. The summed E-state index contributed by atoms with van der Waals surface area (Å²) in [7, 11) is 0. The van der Waals surface area contributed by atoms with Crippen molar-refractivity contribution in [2.24, 2.45) is 0 Å². The third-order valence-corrected chi connectivity index (χ3v) is 2.93. The molecule has 0 aromatic carbocycles. The van der Waals surface area contributed by atoms with Crippen molar-refractivity contribution in [2.45, 2.75) is 26.0 Å². The van der Waals surface area contributed by atoms with Crippen molar-refractivity contribution in [3.05, 3.63) is 46.7 Å². The zero-order chi connectivity index (χ0) is 12.3. The zero-order valence-corrected chi connectivity index (χ0v) is 11.1. The topological polar surface area (TPSA) is 50.9 Å². The number of aliphatic hydroxyl groups is 1. The molecule has 0 aliphatic heterocycles. The SMILES string of the molecule is CCCn1ccnc1C(O)c1cncc(Br)c1. The molecule has 2 rings (SSSR count). The highest BCUT2D eigenvalue weighted by molar-refractivity contribution is 9.10. The number of aryl methyl sites for hydroxylation is 1. The first-order chi connectivity index (χ1) is 8.22. The monoisotopic (exact) mass is 295 g/mol. The van der Waals surface area contributed by atoms with E-state index in [4.69, 9.17) is 0 Å². The van der Waals surface area contributed by atoms with Crippen LogP contribution in [-0.2, 0) is 6.54 Å². The summed E-state index contributed by atoms with van der Waals surface area (Å²) in [4.78, 5) is 8.26. The van der Waals surface area contributed by atoms with Gasteiger partial charge in [0.15, 0.2) is 0 Å². The number of nitrogens with zero attached hydrogens (tertiary/aromatic N) is 3. The lowest BCUT2D eigenvalue weighted by Gasteiger charge is -2.12. The summed E-state index contributed by atoms with van der Waals surface area (Å²) in [6.45, 7) is 2.95. The van der Waals surface area contributed by atoms with Gasteiger partial charge < -0.3 is 9.67 Å². The molecule has 2 aromatic rings. The molecule has 0 aliphatic rings. The molecule has 2 heterocycles. The van der Waals surface area contributed by atoms with Gasteiger partial charge in [0.2, 0.25) is 0 Å². The van der Waals surface area contributed by atoms with E-state index in [1.165, 1.54) is 0 Å². The molecular weight excluding hydrogens is 282 g/mol. The van der Waals surface area contributed by atoms with Gasteiger partial charge in [-0.05, 0) is 28.4 Å². The Hall–Kier alpha value is -1.20. The quantitative estimate of drug-likeness (QED) is 0.943. The molecule has 5 heteroatoms. The third-order valence-electron chi connectivity index (χ3n) is 2.50. The fourth-order valence-corrected chi connectivity index (χ4v) is 2.11. The Morgan fingerprint density at radius 3 is 3.00 bits per heavy atom. The molecule has 17 heavy (non-hydrogen) atoms. The van der Waals surface area contributed by atoms with Crippen molar-refractivity contribution in [1.29, 1.82) is 0 Å². The molecule has 1 atom stereocenters. The van der Waals surface area contributed by atoms with Crippen molar-refractivity contribution in [3.63, 3.8) is 0 Å². The number of aromatic nitrogens is 3. The van der Waals surface area contributed by atoms with Crippen LogP contribution in [0.2, 0.25) is 0 Å². The molecule has 2 aromatic heterocycles. The maximum atomic E-state index is 10.3. The molecule has 0 radical (unpaired) electrons. The summed E-state index contributed by atoms with van der Waals surface area (Å²) >= 11 is 3.34. The number of aliphatic hydroxyl groups excluding tert-OH is 1. The van der Waals surface area contributed by atoms with E-state index in [-0.39, 0.29) is 0 Å². The van der Waals surface area contributed by atoms with Crippen LogP contribution in [0.25, 0.3) is 0 Å². The maximum absolute atomic E-state index is 10.3. The molecule has 1 N–H and O–H groups in total. The molecule has 0 aliphatic carbocycles. The van der Waals surface area contributed by atoms with Gasteiger partial charge >= 0.3 is 0 Å². The predicted molar refractivity (Wildman–Crippen MR) is 68.5 cm³/mol. The van der Waals surface area contributed by atoms with Crippen molar-refractivity contribution in [2.75, 3.05) is 0 Å². The van der Waals surface area contributed by atoms with Gasteiger partial charge in [0.25, 0.3) is 0 Å². The highest BCUT2D eigenvalue weighted by Gasteiger charge is 2.16. The average Bonchev–Trinajstić information content (AvgIpc) is 2.77. The van der Waals surface area contributed by atoms with Crippen LogP contribution >= 0.6 is 15.9 Å². The lowest BCUT2D eigenvalue weighted by Crippen LogP contribution is -2.09. The van der Waals surface area contributed by atoms with Gasteiger partial charge in [-0.1, -0.05) is 6.92 Å². The largest absolute Gasteiger partial charge is 0.380 e. The second kappa shape index (κ2) is 5.42. The number of hydrogen-bond acceptors (Lipinski definition) is 3. The van der Waals surface area contributed by atoms with Crippen molar-refractivity contribution >= 4 is 15.9 Å². The fourth-order valence-electron chi connectivity index (χ4n) is 1.73. The van der Waals surface area contributed by atoms with Crippen LogP contribution in [0.3, 0.4) is 0 Å². The highest BCUT2D eigenvalue weighted by Crippen LogP contribution is 2.22. The van der Waals surface area contributed by atoms with Crippen LogP contribution in [-0.4, -0.2) is 19.6 Å². The number of pyridine rings is 1. The van der Waals surface area contributed by atoms with E-state index in [2.05, 4.69) is 32.8 Å². The zero-order valence-electron chi connectivity index (χ0n) is 9.55. The first-order valence-electron chi connectivity index (χ1n) is 5.52. The summed E-state index contributed by atoms with van der Waals surface area (Å²) in [5.41, 5.74) is 0.739. The van der Waals surface area contributed by atoms with Crippen LogP contribution in [0.4, 0.5) is 0 Å². The first kappa shape index (κ1) is 12.3. The van der Waals surface area contributed by atoms with Gasteiger partial charge in [-0.15, -0.1) is 0 Å². The molecule has 90 valence electrons. The van der Waals surface area contributed by atoms with Crippen LogP contribution in [0.15, 0.2) is 35.3 Å². The summed E-state index contributed by atoms with van der Waals surface area (Å²) in [5.74, 6) is 0.659. The average molecular weight is 296 g/mol. The molecular formula is C12H14BrN3O. The molecule has 4 nitrogen and oxygen atoms in total. The minimum atomic E-state index is -0.735. The molecule has 0 saturated heterocycles. The van der Waals surface area contributed by atoms with E-state index in [1.807, 2.05) is 16.8 Å². The van der Waals surface area contributed by atoms with E-state index >= 15 is 0 Å². The molecule has 0 amide bonds. The Morgan fingerprint density at radius 1 is 1.47 bits per heavy atom. The maximum Gasteiger partial charge on any atom is 0.142 e. The Morgan fingerprint density at radius 2 is 2.29 bits per heavy atom. The van der Waals surface area contributed by atoms with E-state index in [0.29, 0.717) is 5.82 Å². The van der Waals surface area contributed by atoms with Gasteiger partial charge in [-0.2, -0.15) is 0 Å². The van der Waals surface area contributed by atoms with Crippen molar-refractivity contribution in [1.82, 2.24) is 14.5 Å². The van der Waals surface area contributed by atoms with Gasteiger partial charge in [0, 0.05) is 41.4 Å². The number of halogens is 1. The number of hydrogen-bond donors (Lipinski definition) is 1. The van der Waals surface area contributed by atoms with Gasteiger partial charge in [-0.25, -0.2) is 4.98 Å². The second-order valence-electron chi connectivity index (χ2n) is 3.82. The predicted octanol–water partition coefficient (Wildman–Crippen LogP) is 2.53. The van der Waals surface area contributed by atoms with Crippen LogP contribution in [0.1, 0.15) is 30.8 Å². The third kappa shape index (κ3) is 2.73. The van der Waals surface area contributed by atoms with Crippen LogP contribution in [0.5, 0.6) is 0 Å². The molecule has 0 fully saturated rings. The Labute approximate surface area is 108 Å². The number of rotatable bonds is 4. The summed E-state index contributed by atoms with van der Waals surface area (Å²) in [6, 6.07) is 1.85. The molecule has 0 spiro atoms. The van der Waals surface area contributed by atoms with E-state index in [0.717, 1.165) is 23.0 Å². The van der Waals surface area contributed by atoms with E-state index in [9.17, 15) is 5.11 Å². The Kier molecular flexibility index (Phi) is 3.91. The van der Waals surface area contributed by atoms with E-state index < -0.39 is 6.10 Å². The second-order valence-corrected chi connectivity index (χ2v) is 4.73. The lowest BCUT2D eigenvalue weighted by atomic mass is 10.1. The van der Waals surface area contributed by atoms with Gasteiger partial charge in [-0.3, -0.25) is 4.98 Å². The van der Waals surface area contributed by atoms with E-state index in [1.54, 1.807) is 18.6 Å². The van der Waals surface area contributed by atoms with Crippen molar-refractivity contribution in [3.8, 4) is 0 Å². The van der Waals surface area contributed by atoms with Gasteiger partial charge in [0.1, 0.15) is 11.9 Å². The summed E-state index contributed by atoms with van der Waals surface area (Å²) < 4.78 is 2.81. The first-order valence-corrected chi connectivity index (χ1v) is 6.31. The smallest absolute Gasteiger partial charge is 0.142 e. The number of imidazole rings is 1. The van der Waals surface area contributed by atoms with Gasteiger partial charge in [0.05, 0.1) is 0 Å².